The molecule has 1 aliphatic heterocycles. The summed E-state index contributed by atoms with van der Waals surface area (Å²) in [6, 6.07) is 10.1. The Morgan fingerprint density at radius 2 is 1.79 bits per heavy atom. The van der Waals surface area contributed by atoms with Gasteiger partial charge in [0.25, 0.3) is 5.91 Å². The number of carbonyl (C=O) groups is 1. The van der Waals surface area contributed by atoms with E-state index in [2.05, 4.69) is 14.9 Å². The van der Waals surface area contributed by atoms with E-state index in [-0.39, 0.29) is 16.8 Å². The third-order valence-electron chi connectivity index (χ3n) is 5.77. The second kappa shape index (κ2) is 11.0. The molecule has 3 rings (SSSR count). The monoisotopic (exact) mass is 477 g/mol. The minimum atomic E-state index is -3.65. The number of methoxy groups -OCH3 is 2. The molecule has 1 heterocycles. The number of hydrogen-bond acceptors (Lipinski definition) is 7. The van der Waals surface area contributed by atoms with Gasteiger partial charge < -0.3 is 19.5 Å². The van der Waals surface area contributed by atoms with E-state index in [1.165, 1.54) is 19.2 Å². The van der Waals surface area contributed by atoms with E-state index in [0.717, 1.165) is 18.7 Å². The van der Waals surface area contributed by atoms with Gasteiger partial charge in [0.1, 0.15) is 0 Å². The van der Waals surface area contributed by atoms with Crippen molar-refractivity contribution in [3.63, 3.8) is 0 Å². The summed E-state index contributed by atoms with van der Waals surface area (Å²) in [5.74, 6) is 0.906. The van der Waals surface area contributed by atoms with Crippen molar-refractivity contribution in [2.24, 2.45) is 0 Å². The quantitative estimate of drug-likeness (QED) is 0.566. The van der Waals surface area contributed by atoms with Crippen LogP contribution < -0.4 is 19.5 Å². The fourth-order valence-electron chi connectivity index (χ4n) is 3.82. The highest BCUT2D eigenvalue weighted by molar-refractivity contribution is 7.89. The molecule has 180 valence electrons. The molecule has 10 heteroatoms. The zero-order chi connectivity index (χ0) is 24.0. The third-order valence-corrected chi connectivity index (χ3v) is 7.18. The Morgan fingerprint density at radius 3 is 2.42 bits per heavy atom. The molecule has 33 heavy (non-hydrogen) atoms. The van der Waals surface area contributed by atoms with Crippen molar-refractivity contribution in [3.05, 3.63) is 53.1 Å². The topological polar surface area (TPSA) is 106 Å². The SMILES string of the molecule is CNS(=O)(=O)c1ccc(C)c(C(=O)NCC(c2ccc(OC)c(OC)c2)N2CCOCC2)c1. The van der Waals surface area contributed by atoms with Crippen LogP contribution in [0.2, 0.25) is 0 Å². The summed E-state index contributed by atoms with van der Waals surface area (Å²) in [7, 11) is 0.854. The van der Waals surface area contributed by atoms with Crippen molar-refractivity contribution < 1.29 is 27.4 Å². The van der Waals surface area contributed by atoms with Gasteiger partial charge in [-0.3, -0.25) is 9.69 Å². The number of rotatable bonds is 9. The fraction of sp³-hybridized carbons (Fsp3) is 0.435. The maximum atomic E-state index is 13.1. The largest absolute Gasteiger partial charge is 0.493 e. The molecule has 2 aromatic rings. The van der Waals surface area contributed by atoms with Crippen LogP contribution in [0.1, 0.15) is 27.5 Å². The smallest absolute Gasteiger partial charge is 0.251 e. The number of amides is 1. The van der Waals surface area contributed by atoms with Gasteiger partial charge in [0.05, 0.1) is 38.4 Å². The van der Waals surface area contributed by atoms with Crippen molar-refractivity contribution in [3.8, 4) is 11.5 Å². The van der Waals surface area contributed by atoms with Crippen LogP contribution in [0.15, 0.2) is 41.3 Å². The Hall–Kier alpha value is -2.66. The van der Waals surface area contributed by atoms with E-state index in [0.29, 0.717) is 42.4 Å². The molecule has 0 aromatic heterocycles. The molecule has 2 aromatic carbocycles. The van der Waals surface area contributed by atoms with Gasteiger partial charge in [0, 0.05) is 25.2 Å². The Labute approximate surface area is 195 Å². The van der Waals surface area contributed by atoms with Crippen molar-refractivity contribution in [2.45, 2.75) is 17.9 Å². The summed E-state index contributed by atoms with van der Waals surface area (Å²) in [6.07, 6.45) is 0. The van der Waals surface area contributed by atoms with Crippen LogP contribution in [0, 0.1) is 6.92 Å². The molecule has 1 saturated heterocycles. The number of benzene rings is 2. The molecule has 0 spiro atoms. The number of aryl methyl sites for hydroxylation is 1. The second-order valence-corrected chi connectivity index (χ2v) is 9.56. The summed E-state index contributed by atoms with van der Waals surface area (Å²) < 4.78 is 42.9. The average Bonchev–Trinajstić information content (AvgIpc) is 2.84. The van der Waals surface area contributed by atoms with Gasteiger partial charge in [-0.1, -0.05) is 12.1 Å². The summed E-state index contributed by atoms with van der Waals surface area (Å²) in [4.78, 5) is 15.4. The lowest BCUT2D eigenvalue weighted by Crippen LogP contribution is -2.44. The van der Waals surface area contributed by atoms with Gasteiger partial charge in [-0.2, -0.15) is 0 Å². The zero-order valence-corrected chi connectivity index (χ0v) is 20.2. The highest BCUT2D eigenvalue weighted by Crippen LogP contribution is 2.32. The molecule has 1 unspecified atom stereocenters. The van der Waals surface area contributed by atoms with Crippen molar-refractivity contribution in [2.75, 3.05) is 54.1 Å². The summed E-state index contributed by atoms with van der Waals surface area (Å²) >= 11 is 0. The third kappa shape index (κ3) is 5.83. The molecule has 1 atom stereocenters. The first kappa shape index (κ1) is 25.0. The molecule has 1 fully saturated rings. The Balaban J connectivity index is 1.86. The number of nitrogens with zero attached hydrogens (tertiary/aromatic N) is 1. The summed E-state index contributed by atoms with van der Waals surface area (Å²) in [5, 5.41) is 2.99. The van der Waals surface area contributed by atoms with Crippen LogP contribution in [0.25, 0.3) is 0 Å². The predicted molar refractivity (Wildman–Crippen MR) is 124 cm³/mol. The van der Waals surface area contributed by atoms with Crippen LogP contribution in [-0.2, 0) is 14.8 Å². The fourth-order valence-corrected chi connectivity index (χ4v) is 4.58. The van der Waals surface area contributed by atoms with Crippen molar-refractivity contribution in [1.29, 1.82) is 0 Å². The second-order valence-electron chi connectivity index (χ2n) is 7.67. The Bertz CT molecular complexity index is 1080. The van der Waals surface area contributed by atoms with Gasteiger partial charge in [-0.25, -0.2) is 13.1 Å². The van der Waals surface area contributed by atoms with Crippen LogP contribution in [0.5, 0.6) is 11.5 Å². The normalized spacial score (nSPS) is 15.6. The Kier molecular flexibility index (Phi) is 8.30. The van der Waals surface area contributed by atoms with Crippen LogP contribution in [-0.4, -0.2) is 73.3 Å². The molecule has 0 radical (unpaired) electrons. The van der Waals surface area contributed by atoms with Gasteiger partial charge in [0.2, 0.25) is 10.0 Å². The number of sulfonamides is 1. The van der Waals surface area contributed by atoms with Gasteiger partial charge >= 0.3 is 0 Å². The predicted octanol–water partition coefficient (Wildman–Crippen LogP) is 1.72. The lowest BCUT2D eigenvalue weighted by Gasteiger charge is -2.35. The first-order valence-electron chi connectivity index (χ1n) is 10.7. The van der Waals surface area contributed by atoms with Crippen LogP contribution in [0.4, 0.5) is 0 Å². The van der Waals surface area contributed by atoms with Crippen molar-refractivity contribution in [1.82, 2.24) is 14.9 Å². The Morgan fingerprint density at radius 1 is 1.09 bits per heavy atom. The lowest BCUT2D eigenvalue weighted by atomic mass is 10.0. The van der Waals surface area contributed by atoms with E-state index in [1.54, 1.807) is 27.2 Å². The maximum absolute atomic E-state index is 13.1. The standard InChI is InChI=1S/C23H31N3O6S/c1-16-5-7-18(33(28,29)24-2)14-19(16)23(27)25-15-20(26-9-11-32-12-10-26)17-6-8-21(30-3)22(13-17)31-4/h5-8,13-14,20,24H,9-12,15H2,1-4H3,(H,25,27). The zero-order valence-electron chi connectivity index (χ0n) is 19.4. The first-order chi connectivity index (χ1) is 15.8. The number of ether oxygens (including phenoxy) is 3. The lowest BCUT2D eigenvalue weighted by molar-refractivity contribution is 0.0162. The van der Waals surface area contributed by atoms with Gasteiger partial charge in [-0.15, -0.1) is 0 Å². The number of morpholine rings is 1. The first-order valence-corrected chi connectivity index (χ1v) is 12.1. The van der Waals surface area contributed by atoms with Gasteiger partial charge in [-0.05, 0) is 49.4 Å². The van der Waals surface area contributed by atoms with E-state index in [4.69, 9.17) is 14.2 Å². The number of hydrogen-bond donors (Lipinski definition) is 2. The molecule has 2 N–H and O–H groups in total. The van der Waals surface area contributed by atoms with E-state index >= 15 is 0 Å². The molecular weight excluding hydrogens is 446 g/mol. The van der Waals surface area contributed by atoms with Crippen LogP contribution in [0.3, 0.4) is 0 Å². The molecule has 0 aliphatic carbocycles. The molecule has 0 saturated carbocycles. The number of carbonyl (C=O) groups excluding carboxylic acids is 1. The number of nitrogens with one attached hydrogen (secondary N) is 2. The summed E-state index contributed by atoms with van der Waals surface area (Å²) in [5.41, 5.74) is 1.98. The molecule has 9 nitrogen and oxygen atoms in total. The minimum absolute atomic E-state index is 0.0466. The highest BCUT2D eigenvalue weighted by Gasteiger charge is 2.25. The maximum Gasteiger partial charge on any atom is 0.251 e. The molecule has 1 amide bonds. The summed E-state index contributed by atoms with van der Waals surface area (Å²) in [6.45, 7) is 4.78. The molecule has 0 bridgehead atoms. The minimum Gasteiger partial charge on any atom is -0.493 e. The molecule has 1 aliphatic rings. The highest BCUT2D eigenvalue weighted by atomic mass is 32.2. The van der Waals surface area contributed by atoms with Gasteiger partial charge in [0.15, 0.2) is 11.5 Å². The van der Waals surface area contributed by atoms with E-state index in [9.17, 15) is 13.2 Å². The van der Waals surface area contributed by atoms with E-state index in [1.807, 2.05) is 18.2 Å². The van der Waals surface area contributed by atoms with Crippen LogP contribution >= 0.6 is 0 Å². The van der Waals surface area contributed by atoms with Crippen molar-refractivity contribution >= 4 is 15.9 Å². The molecular formula is C23H31N3O6S. The average molecular weight is 478 g/mol. The van der Waals surface area contributed by atoms with E-state index < -0.39 is 10.0 Å².